The van der Waals surface area contributed by atoms with Gasteiger partial charge in [0.2, 0.25) is 0 Å². The lowest BCUT2D eigenvalue weighted by Gasteiger charge is -2.23. The molecule has 1 atom stereocenters. The molecule has 1 aliphatic heterocycles. The van der Waals surface area contributed by atoms with Gasteiger partial charge in [-0.15, -0.1) is 0 Å². The summed E-state index contributed by atoms with van der Waals surface area (Å²) in [5.41, 5.74) is -1.02. The van der Waals surface area contributed by atoms with Crippen molar-refractivity contribution in [3.63, 3.8) is 0 Å². The Morgan fingerprint density at radius 2 is 1.77 bits per heavy atom. The summed E-state index contributed by atoms with van der Waals surface area (Å²) in [4.78, 5) is 12.9. The lowest BCUT2D eigenvalue weighted by molar-refractivity contribution is -0.158. The Hall–Kier alpha value is -1.92. The minimum absolute atomic E-state index is 0.0165. The molecule has 2 aromatic carbocycles. The Labute approximate surface area is 158 Å². The van der Waals surface area contributed by atoms with E-state index in [1.165, 1.54) is 48.4 Å². The molecule has 0 radical (unpaired) electrons. The van der Waals surface area contributed by atoms with Gasteiger partial charge < -0.3 is 9.64 Å². The molecular formula is C18H14Cl2F3NO2. The molecule has 0 aliphatic carbocycles. The Kier molecular flexibility index (Phi) is 4.61. The van der Waals surface area contributed by atoms with Gasteiger partial charge in [-0.05, 0) is 54.4 Å². The molecular weight excluding hydrogens is 390 g/mol. The quantitative estimate of drug-likeness (QED) is 0.509. The van der Waals surface area contributed by atoms with E-state index in [1.807, 2.05) is 0 Å². The zero-order valence-corrected chi connectivity index (χ0v) is 15.3. The average Bonchev–Trinajstić information content (AvgIpc) is 3.30. The fourth-order valence-corrected chi connectivity index (χ4v) is 3.63. The number of carbonyl (C=O) groups is 1. The average molecular weight is 404 g/mol. The predicted octanol–water partition coefficient (Wildman–Crippen LogP) is 5.37. The number of nitrogens with zero attached hydrogens (tertiary/aromatic N) is 1. The number of halogens is 5. The van der Waals surface area contributed by atoms with Gasteiger partial charge in [0.15, 0.2) is 5.54 Å². The lowest BCUT2D eigenvalue weighted by Crippen LogP contribution is -2.34. The van der Waals surface area contributed by atoms with Gasteiger partial charge in [0, 0.05) is 15.7 Å². The van der Waals surface area contributed by atoms with Crippen LogP contribution >= 0.6 is 23.2 Å². The van der Waals surface area contributed by atoms with Crippen LogP contribution in [-0.4, -0.2) is 25.8 Å². The van der Waals surface area contributed by atoms with E-state index in [1.54, 1.807) is 6.92 Å². The van der Waals surface area contributed by atoms with E-state index < -0.39 is 17.7 Å². The molecule has 1 saturated heterocycles. The van der Waals surface area contributed by atoms with Gasteiger partial charge in [-0.25, -0.2) is 4.79 Å². The summed E-state index contributed by atoms with van der Waals surface area (Å²) in [7, 11) is 1.25. The van der Waals surface area contributed by atoms with Crippen LogP contribution in [0.1, 0.15) is 21.5 Å². The van der Waals surface area contributed by atoms with Gasteiger partial charge in [-0.1, -0.05) is 23.2 Å². The number of alkyl halides is 3. The molecule has 1 unspecified atom stereocenters. The van der Waals surface area contributed by atoms with Crippen molar-refractivity contribution in [2.24, 2.45) is 0 Å². The molecule has 1 fully saturated rings. The highest BCUT2D eigenvalue weighted by Gasteiger charge is 2.71. The molecule has 138 valence electrons. The van der Waals surface area contributed by atoms with Crippen molar-refractivity contribution >= 4 is 34.9 Å². The molecule has 1 heterocycles. The Morgan fingerprint density at radius 3 is 2.27 bits per heavy atom. The number of aryl methyl sites for hydroxylation is 1. The first-order valence-corrected chi connectivity index (χ1v) is 8.35. The number of methoxy groups -OCH3 is 1. The van der Waals surface area contributed by atoms with Crippen molar-refractivity contribution in [3.05, 3.63) is 63.1 Å². The number of rotatable bonds is 3. The molecule has 1 aliphatic rings. The van der Waals surface area contributed by atoms with Crippen molar-refractivity contribution in [1.29, 1.82) is 0 Å². The van der Waals surface area contributed by atoms with Crippen LogP contribution in [0.2, 0.25) is 10.0 Å². The molecule has 0 bridgehead atoms. The number of esters is 1. The summed E-state index contributed by atoms with van der Waals surface area (Å²) in [5.74, 6) is -0.538. The third-order valence-corrected chi connectivity index (χ3v) is 4.92. The summed E-state index contributed by atoms with van der Waals surface area (Å²) in [5, 5.41) is 0.278. The molecule has 3 nitrogen and oxygen atoms in total. The van der Waals surface area contributed by atoms with Crippen molar-refractivity contribution in [2.45, 2.75) is 18.6 Å². The fraction of sp³-hybridized carbons (Fsp3) is 0.278. The summed E-state index contributed by atoms with van der Waals surface area (Å²) < 4.78 is 46.5. The monoisotopic (exact) mass is 403 g/mol. The van der Waals surface area contributed by atoms with E-state index in [4.69, 9.17) is 23.2 Å². The summed E-state index contributed by atoms with van der Waals surface area (Å²) >= 11 is 11.8. The first-order chi connectivity index (χ1) is 12.1. The van der Waals surface area contributed by atoms with Crippen LogP contribution in [0.15, 0.2) is 36.4 Å². The first-order valence-electron chi connectivity index (χ1n) is 7.60. The minimum atomic E-state index is -4.53. The number of hydrogen-bond donors (Lipinski definition) is 0. The van der Waals surface area contributed by atoms with Gasteiger partial charge >= 0.3 is 12.1 Å². The molecule has 2 aromatic rings. The van der Waals surface area contributed by atoms with Gasteiger partial charge in [0.25, 0.3) is 0 Å². The lowest BCUT2D eigenvalue weighted by atomic mass is 9.98. The SMILES string of the molecule is COC(=O)c1ccc(N2CC2(c2cc(Cl)cc(Cl)c2)C(F)(F)F)cc1C. The number of benzene rings is 2. The topological polar surface area (TPSA) is 29.3 Å². The molecule has 0 spiro atoms. The van der Waals surface area contributed by atoms with Crippen LogP contribution < -0.4 is 4.90 Å². The molecule has 3 rings (SSSR count). The third-order valence-electron chi connectivity index (χ3n) is 4.48. The maximum atomic E-state index is 13.9. The second-order valence-corrected chi connectivity index (χ2v) is 6.97. The Morgan fingerprint density at radius 1 is 1.15 bits per heavy atom. The Bertz CT molecular complexity index is 865. The normalized spacial score (nSPS) is 19.4. The van der Waals surface area contributed by atoms with E-state index in [0.717, 1.165) is 0 Å². The van der Waals surface area contributed by atoms with Crippen molar-refractivity contribution in [2.75, 3.05) is 18.6 Å². The van der Waals surface area contributed by atoms with Crippen molar-refractivity contribution in [3.8, 4) is 0 Å². The van der Waals surface area contributed by atoms with Crippen molar-refractivity contribution in [1.82, 2.24) is 0 Å². The van der Waals surface area contributed by atoms with Gasteiger partial charge in [0.05, 0.1) is 19.2 Å². The van der Waals surface area contributed by atoms with Crippen LogP contribution in [0.3, 0.4) is 0 Å². The van der Waals surface area contributed by atoms with Crippen LogP contribution in [0, 0.1) is 6.92 Å². The largest absolute Gasteiger partial charge is 0.465 e. The highest BCUT2D eigenvalue weighted by Crippen LogP contribution is 2.57. The second-order valence-electron chi connectivity index (χ2n) is 6.09. The van der Waals surface area contributed by atoms with E-state index >= 15 is 0 Å². The molecule has 26 heavy (non-hydrogen) atoms. The number of hydrogen-bond acceptors (Lipinski definition) is 3. The standard InChI is InChI=1S/C18H14Cl2F3NO2/c1-10-5-14(3-4-15(10)16(25)26-2)24-9-17(24,18(21,22)23)11-6-12(19)8-13(20)7-11/h3-8H,9H2,1-2H3. The second kappa shape index (κ2) is 6.35. The summed E-state index contributed by atoms with van der Waals surface area (Å²) in [6.45, 7) is 1.38. The number of ether oxygens (including phenoxy) is 1. The molecule has 0 aromatic heterocycles. The van der Waals surface area contributed by atoms with Crippen LogP contribution in [0.25, 0.3) is 0 Å². The van der Waals surface area contributed by atoms with Gasteiger partial charge in [-0.2, -0.15) is 13.2 Å². The molecule has 0 N–H and O–H groups in total. The predicted molar refractivity (Wildman–Crippen MR) is 94.1 cm³/mol. The van der Waals surface area contributed by atoms with E-state index in [2.05, 4.69) is 4.74 Å². The maximum Gasteiger partial charge on any atom is 0.417 e. The van der Waals surface area contributed by atoms with E-state index in [9.17, 15) is 18.0 Å². The zero-order valence-electron chi connectivity index (χ0n) is 13.8. The van der Waals surface area contributed by atoms with Crippen molar-refractivity contribution < 1.29 is 22.7 Å². The summed E-state index contributed by atoms with van der Waals surface area (Å²) in [6.07, 6.45) is -4.53. The van der Waals surface area contributed by atoms with E-state index in [0.29, 0.717) is 16.8 Å². The first kappa shape index (κ1) is 18.9. The summed E-state index contributed by atoms with van der Waals surface area (Å²) in [6, 6.07) is 8.40. The van der Waals surface area contributed by atoms with Gasteiger partial charge in [-0.3, -0.25) is 0 Å². The van der Waals surface area contributed by atoms with Crippen LogP contribution in [-0.2, 0) is 10.3 Å². The highest BCUT2D eigenvalue weighted by atomic mass is 35.5. The molecule has 0 saturated carbocycles. The fourth-order valence-electron chi connectivity index (χ4n) is 3.11. The number of carbonyl (C=O) groups excluding carboxylic acids is 1. The van der Waals surface area contributed by atoms with Crippen LogP contribution in [0.5, 0.6) is 0 Å². The third kappa shape index (κ3) is 3.01. The maximum absolute atomic E-state index is 13.9. The van der Waals surface area contributed by atoms with Gasteiger partial charge in [0.1, 0.15) is 0 Å². The highest BCUT2D eigenvalue weighted by molar-refractivity contribution is 6.34. The van der Waals surface area contributed by atoms with Crippen LogP contribution in [0.4, 0.5) is 18.9 Å². The number of anilines is 1. The zero-order chi connectivity index (χ0) is 19.3. The smallest absolute Gasteiger partial charge is 0.417 e. The molecule has 0 amide bonds. The molecule has 8 heteroatoms. The Balaban J connectivity index is 2.04. The minimum Gasteiger partial charge on any atom is -0.465 e. The van der Waals surface area contributed by atoms with E-state index in [-0.39, 0.29) is 22.2 Å².